The zero-order chi connectivity index (χ0) is 13.6. The van der Waals surface area contributed by atoms with Gasteiger partial charge < -0.3 is 9.73 Å². The van der Waals surface area contributed by atoms with Crippen LogP contribution in [-0.2, 0) is 0 Å². The van der Waals surface area contributed by atoms with Crippen molar-refractivity contribution in [3.8, 4) is 10.8 Å². The number of furan rings is 1. The van der Waals surface area contributed by atoms with Crippen molar-refractivity contribution in [1.29, 1.82) is 0 Å². The van der Waals surface area contributed by atoms with Gasteiger partial charge >= 0.3 is 0 Å². The van der Waals surface area contributed by atoms with Gasteiger partial charge in [-0.2, -0.15) is 0 Å². The average molecular weight is 276 g/mol. The molecule has 3 rings (SSSR count). The molecule has 0 aromatic carbocycles. The van der Waals surface area contributed by atoms with Gasteiger partial charge in [-0.25, -0.2) is 4.98 Å². The maximum atomic E-state index is 5.97. The monoisotopic (exact) mass is 276 g/mol. The van der Waals surface area contributed by atoms with Gasteiger partial charge in [-0.1, -0.05) is 6.92 Å². The van der Waals surface area contributed by atoms with Crippen molar-refractivity contribution < 1.29 is 4.42 Å². The molecular weight excluding hydrogens is 256 g/mol. The average Bonchev–Trinajstić information content (AvgIpc) is 2.83. The second-order valence-corrected chi connectivity index (χ2v) is 6.53. The molecule has 1 fully saturated rings. The summed E-state index contributed by atoms with van der Waals surface area (Å²) in [6.07, 6.45) is 1.26. The molecule has 2 aromatic rings. The van der Waals surface area contributed by atoms with E-state index in [1.165, 1.54) is 11.3 Å². The Bertz CT molecular complexity index is 587. The number of aromatic nitrogens is 1. The Morgan fingerprint density at radius 2 is 2.21 bits per heavy atom. The predicted molar refractivity (Wildman–Crippen MR) is 78.5 cm³/mol. The van der Waals surface area contributed by atoms with E-state index in [1.54, 1.807) is 11.3 Å². The van der Waals surface area contributed by atoms with E-state index in [-0.39, 0.29) is 0 Å². The number of nitrogens with zero attached hydrogens (tertiary/aromatic N) is 1. The molecule has 1 saturated carbocycles. The zero-order valence-corrected chi connectivity index (χ0v) is 12.7. The Morgan fingerprint density at radius 1 is 1.47 bits per heavy atom. The molecule has 102 valence electrons. The summed E-state index contributed by atoms with van der Waals surface area (Å²) in [5.41, 5.74) is 1.10. The summed E-state index contributed by atoms with van der Waals surface area (Å²) in [4.78, 5) is 5.93. The highest BCUT2D eigenvalue weighted by molar-refractivity contribution is 7.15. The van der Waals surface area contributed by atoms with Crippen LogP contribution in [0.2, 0.25) is 0 Å². The summed E-state index contributed by atoms with van der Waals surface area (Å²) in [5.74, 6) is 3.44. The molecule has 2 aromatic heterocycles. The Balaban J connectivity index is 1.87. The van der Waals surface area contributed by atoms with Crippen LogP contribution < -0.4 is 5.32 Å². The molecule has 19 heavy (non-hydrogen) atoms. The molecule has 1 N–H and O–H groups in total. The summed E-state index contributed by atoms with van der Waals surface area (Å²) in [5, 5.41) is 4.26. The third-order valence-corrected chi connectivity index (χ3v) is 5.33. The van der Waals surface area contributed by atoms with Gasteiger partial charge in [0.2, 0.25) is 0 Å². The maximum absolute atomic E-state index is 5.97. The van der Waals surface area contributed by atoms with Crippen LogP contribution in [0.1, 0.15) is 48.6 Å². The van der Waals surface area contributed by atoms with Crippen molar-refractivity contribution >= 4 is 11.3 Å². The Labute approximate surface area is 118 Å². The standard InChI is InChI=1S/C15H20N2OS/c1-8-7-11(8)12-5-6-13(18-12)15-17-10(3)14(19-15)9(2)16-4/h5-6,8-9,11,16H,7H2,1-4H3. The van der Waals surface area contributed by atoms with Gasteiger partial charge in [0, 0.05) is 16.8 Å². The van der Waals surface area contributed by atoms with Gasteiger partial charge in [0.05, 0.1) is 5.69 Å². The van der Waals surface area contributed by atoms with Crippen molar-refractivity contribution in [2.24, 2.45) is 5.92 Å². The SMILES string of the molecule is CNC(C)c1sc(-c2ccc(C3CC3C)o2)nc1C. The highest BCUT2D eigenvalue weighted by atomic mass is 32.1. The van der Waals surface area contributed by atoms with Crippen LogP contribution in [0.3, 0.4) is 0 Å². The topological polar surface area (TPSA) is 38.1 Å². The molecule has 1 aliphatic carbocycles. The van der Waals surface area contributed by atoms with Gasteiger partial charge in [0.1, 0.15) is 5.76 Å². The number of hydrogen-bond donors (Lipinski definition) is 1. The van der Waals surface area contributed by atoms with E-state index in [4.69, 9.17) is 4.42 Å². The van der Waals surface area contributed by atoms with E-state index >= 15 is 0 Å². The lowest BCUT2D eigenvalue weighted by Gasteiger charge is -2.06. The first-order chi connectivity index (χ1) is 9.10. The van der Waals surface area contributed by atoms with E-state index in [1.807, 2.05) is 7.05 Å². The molecule has 3 atom stereocenters. The molecule has 0 spiro atoms. The largest absolute Gasteiger partial charge is 0.458 e. The lowest BCUT2D eigenvalue weighted by atomic mass is 10.2. The lowest BCUT2D eigenvalue weighted by Crippen LogP contribution is -2.11. The van der Waals surface area contributed by atoms with Crippen LogP contribution in [0.5, 0.6) is 0 Å². The summed E-state index contributed by atoms with van der Waals surface area (Å²) < 4.78 is 5.97. The fraction of sp³-hybridized carbons (Fsp3) is 0.533. The van der Waals surface area contributed by atoms with Gasteiger partial charge in [0.25, 0.3) is 0 Å². The van der Waals surface area contributed by atoms with E-state index in [0.717, 1.165) is 28.1 Å². The van der Waals surface area contributed by atoms with E-state index in [0.29, 0.717) is 12.0 Å². The van der Waals surface area contributed by atoms with Crippen LogP contribution in [0.25, 0.3) is 10.8 Å². The van der Waals surface area contributed by atoms with Crippen LogP contribution in [0.4, 0.5) is 0 Å². The van der Waals surface area contributed by atoms with Crippen molar-refractivity contribution in [2.45, 2.75) is 39.2 Å². The highest BCUT2D eigenvalue weighted by Crippen LogP contribution is 2.48. The van der Waals surface area contributed by atoms with E-state index in [9.17, 15) is 0 Å². The minimum absolute atomic E-state index is 0.337. The smallest absolute Gasteiger partial charge is 0.162 e. The number of nitrogens with one attached hydrogen (secondary N) is 1. The zero-order valence-electron chi connectivity index (χ0n) is 11.9. The van der Waals surface area contributed by atoms with Crippen LogP contribution in [-0.4, -0.2) is 12.0 Å². The first-order valence-electron chi connectivity index (χ1n) is 6.84. The number of hydrogen-bond acceptors (Lipinski definition) is 4. The van der Waals surface area contributed by atoms with Gasteiger partial charge in [-0.05, 0) is 45.4 Å². The Kier molecular flexibility index (Phi) is 3.23. The van der Waals surface area contributed by atoms with Crippen molar-refractivity contribution in [2.75, 3.05) is 7.05 Å². The molecule has 0 saturated heterocycles. The third-order valence-electron chi connectivity index (χ3n) is 3.97. The molecule has 4 heteroatoms. The maximum Gasteiger partial charge on any atom is 0.162 e. The number of thiazole rings is 1. The van der Waals surface area contributed by atoms with Crippen molar-refractivity contribution in [3.63, 3.8) is 0 Å². The fourth-order valence-electron chi connectivity index (χ4n) is 2.43. The van der Waals surface area contributed by atoms with Crippen LogP contribution in [0, 0.1) is 12.8 Å². The van der Waals surface area contributed by atoms with E-state index in [2.05, 4.69) is 43.2 Å². The second kappa shape index (κ2) is 4.76. The summed E-state index contributed by atoms with van der Waals surface area (Å²) in [6, 6.07) is 4.51. The Hall–Kier alpha value is -1.13. The highest BCUT2D eigenvalue weighted by Gasteiger charge is 2.36. The quantitative estimate of drug-likeness (QED) is 0.913. The van der Waals surface area contributed by atoms with Crippen molar-refractivity contribution in [3.05, 3.63) is 28.5 Å². The van der Waals surface area contributed by atoms with Gasteiger partial charge in [-0.3, -0.25) is 0 Å². The number of rotatable bonds is 4. The first kappa shape index (κ1) is 12.9. The molecule has 3 nitrogen and oxygen atoms in total. The Morgan fingerprint density at radius 3 is 2.84 bits per heavy atom. The lowest BCUT2D eigenvalue weighted by molar-refractivity contribution is 0.518. The third kappa shape index (κ3) is 2.35. The van der Waals surface area contributed by atoms with Crippen molar-refractivity contribution in [1.82, 2.24) is 10.3 Å². The molecule has 0 radical (unpaired) electrons. The van der Waals surface area contributed by atoms with Gasteiger partial charge in [-0.15, -0.1) is 11.3 Å². The minimum Gasteiger partial charge on any atom is -0.458 e. The van der Waals surface area contributed by atoms with E-state index < -0.39 is 0 Å². The molecule has 2 heterocycles. The molecule has 0 bridgehead atoms. The molecular formula is C15H20N2OS. The summed E-state index contributed by atoms with van der Waals surface area (Å²) in [6.45, 7) is 6.49. The minimum atomic E-state index is 0.337. The summed E-state index contributed by atoms with van der Waals surface area (Å²) >= 11 is 1.72. The predicted octanol–water partition coefficient (Wildman–Crippen LogP) is 4.12. The fourth-order valence-corrected chi connectivity index (χ4v) is 3.52. The van der Waals surface area contributed by atoms with Crippen LogP contribution in [0.15, 0.2) is 16.5 Å². The molecule has 0 aliphatic heterocycles. The molecule has 0 amide bonds. The second-order valence-electron chi connectivity index (χ2n) is 5.50. The normalized spacial score (nSPS) is 23.6. The van der Waals surface area contributed by atoms with Gasteiger partial charge in [0.15, 0.2) is 10.8 Å². The molecule has 1 aliphatic rings. The van der Waals surface area contributed by atoms with Crippen LogP contribution >= 0.6 is 11.3 Å². The summed E-state index contributed by atoms with van der Waals surface area (Å²) in [7, 11) is 1.98. The first-order valence-corrected chi connectivity index (χ1v) is 7.66. The number of aryl methyl sites for hydroxylation is 1. The molecule has 3 unspecified atom stereocenters.